The van der Waals surface area contributed by atoms with Crippen molar-refractivity contribution >= 4 is 38.9 Å². The molecular weight excluding hydrogens is 357 g/mol. The van der Waals surface area contributed by atoms with Gasteiger partial charge < -0.3 is 5.11 Å². The minimum Gasteiger partial charge on any atom is -0.388 e. The molecule has 0 fully saturated rings. The maximum Gasteiger partial charge on any atom is 0.265 e. The minimum atomic E-state index is -3.87. The summed E-state index contributed by atoms with van der Waals surface area (Å²) in [5.41, 5.74) is 1.08. The molecule has 0 spiro atoms. The van der Waals surface area contributed by atoms with Crippen LogP contribution in [-0.4, -0.2) is 20.1 Å². The second kappa shape index (κ2) is 6.32. The van der Waals surface area contributed by atoms with Crippen molar-refractivity contribution in [2.24, 2.45) is 0 Å². The van der Waals surface area contributed by atoms with E-state index in [4.69, 9.17) is 23.2 Å². The Balaban J connectivity index is 2.16. The number of benzene rings is 2. The van der Waals surface area contributed by atoms with Crippen LogP contribution in [0.1, 0.15) is 24.5 Å². The second-order valence-electron chi connectivity index (χ2n) is 5.37. The number of nitrogens with zero attached hydrogens (tertiary/aromatic N) is 1. The van der Waals surface area contributed by atoms with Gasteiger partial charge in [-0.2, -0.15) is 0 Å². The molecule has 2 aromatic carbocycles. The summed E-state index contributed by atoms with van der Waals surface area (Å²) >= 11 is 12.0. The molecule has 0 aromatic heterocycles. The van der Waals surface area contributed by atoms with Crippen molar-refractivity contribution < 1.29 is 13.5 Å². The van der Waals surface area contributed by atoms with Gasteiger partial charge in [-0.15, -0.1) is 0 Å². The molecule has 0 aliphatic carbocycles. The molecule has 122 valence electrons. The van der Waals surface area contributed by atoms with Gasteiger partial charge in [0.1, 0.15) is 4.90 Å². The van der Waals surface area contributed by atoms with Crippen molar-refractivity contribution in [3.05, 3.63) is 58.1 Å². The Bertz CT molecular complexity index is 839. The summed E-state index contributed by atoms with van der Waals surface area (Å²) in [5.74, 6) is 0. The van der Waals surface area contributed by atoms with E-state index in [0.717, 1.165) is 0 Å². The lowest BCUT2D eigenvalue weighted by Gasteiger charge is -2.25. The summed E-state index contributed by atoms with van der Waals surface area (Å²) in [5, 5.41) is 10.6. The average molecular weight is 372 g/mol. The van der Waals surface area contributed by atoms with Crippen LogP contribution in [0.4, 0.5) is 5.69 Å². The molecule has 2 aromatic rings. The smallest absolute Gasteiger partial charge is 0.265 e. The van der Waals surface area contributed by atoms with Crippen LogP contribution in [0.2, 0.25) is 10.0 Å². The zero-order valence-electron chi connectivity index (χ0n) is 12.1. The van der Waals surface area contributed by atoms with Gasteiger partial charge in [0.15, 0.2) is 0 Å². The molecule has 3 rings (SSSR count). The molecule has 0 unspecified atom stereocenters. The van der Waals surface area contributed by atoms with Crippen molar-refractivity contribution in [3.8, 4) is 0 Å². The van der Waals surface area contributed by atoms with E-state index in [9.17, 15) is 13.5 Å². The van der Waals surface area contributed by atoms with Gasteiger partial charge in [-0.25, -0.2) is 8.42 Å². The highest BCUT2D eigenvalue weighted by Crippen LogP contribution is 2.37. The molecule has 1 aliphatic heterocycles. The number of hydrogen-bond donors (Lipinski definition) is 1. The van der Waals surface area contributed by atoms with Gasteiger partial charge in [0.25, 0.3) is 10.0 Å². The Kier molecular flexibility index (Phi) is 4.56. The van der Waals surface area contributed by atoms with Crippen molar-refractivity contribution in [2.45, 2.75) is 23.8 Å². The predicted molar refractivity (Wildman–Crippen MR) is 91.6 cm³/mol. The Morgan fingerprint density at radius 3 is 2.65 bits per heavy atom. The third-order valence-corrected chi connectivity index (χ3v) is 6.39. The van der Waals surface area contributed by atoms with Crippen LogP contribution >= 0.6 is 23.2 Å². The minimum absolute atomic E-state index is 0.0298. The molecule has 1 aliphatic rings. The maximum absolute atomic E-state index is 13.1. The molecule has 0 saturated heterocycles. The Labute approximate surface area is 145 Å². The van der Waals surface area contributed by atoms with Crippen LogP contribution in [0.25, 0.3) is 0 Å². The topological polar surface area (TPSA) is 57.6 Å². The summed E-state index contributed by atoms with van der Waals surface area (Å²) < 4.78 is 27.5. The third kappa shape index (κ3) is 3.06. The molecule has 0 amide bonds. The molecule has 23 heavy (non-hydrogen) atoms. The standard InChI is InChI=1S/C16H15Cl2NO3S/c17-11-7-8-13(18)16(10-11)23(21,22)19-9-3-6-15(20)12-4-1-2-5-14(12)19/h1-2,4-5,7-8,10,15,20H,3,6,9H2/t15-/m1/s1. The Morgan fingerprint density at radius 1 is 1.13 bits per heavy atom. The first-order chi connectivity index (χ1) is 10.9. The van der Waals surface area contributed by atoms with Crippen LogP contribution in [0.15, 0.2) is 47.4 Å². The molecule has 1 heterocycles. The van der Waals surface area contributed by atoms with Gasteiger partial charge in [0, 0.05) is 17.1 Å². The molecule has 0 saturated carbocycles. The number of rotatable bonds is 2. The summed E-state index contributed by atoms with van der Waals surface area (Å²) in [6.07, 6.45) is 0.376. The highest BCUT2D eigenvalue weighted by molar-refractivity contribution is 7.93. The van der Waals surface area contributed by atoms with Crippen molar-refractivity contribution in [3.63, 3.8) is 0 Å². The van der Waals surface area contributed by atoms with Gasteiger partial charge in [-0.1, -0.05) is 41.4 Å². The van der Waals surface area contributed by atoms with E-state index in [1.807, 2.05) is 0 Å². The quantitative estimate of drug-likeness (QED) is 0.867. The van der Waals surface area contributed by atoms with Gasteiger partial charge in [-0.05, 0) is 37.1 Å². The fraction of sp³-hybridized carbons (Fsp3) is 0.250. The molecule has 0 radical (unpaired) electrons. The van der Waals surface area contributed by atoms with E-state index >= 15 is 0 Å². The van der Waals surface area contributed by atoms with Gasteiger partial charge >= 0.3 is 0 Å². The molecule has 1 N–H and O–H groups in total. The second-order valence-corrected chi connectivity index (χ2v) is 8.04. The van der Waals surface area contributed by atoms with Crippen LogP contribution in [-0.2, 0) is 10.0 Å². The lowest BCUT2D eigenvalue weighted by atomic mass is 10.1. The molecule has 7 heteroatoms. The molecule has 0 bridgehead atoms. The van der Waals surface area contributed by atoms with Crippen LogP contribution < -0.4 is 4.31 Å². The van der Waals surface area contributed by atoms with Gasteiger partial charge in [0.05, 0.1) is 16.8 Å². The first-order valence-corrected chi connectivity index (χ1v) is 9.35. The first kappa shape index (κ1) is 16.6. The molecule has 1 atom stereocenters. The van der Waals surface area contributed by atoms with E-state index in [2.05, 4.69) is 0 Å². The summed E-state index contributed by atoms with van der Waals surface area (Å²) in [7, 11) is -3.87. The Hall–Kier alpha value is -1.27. The van der Waals surface area contributed by atoms with E-state index in [1.165, 1.54) is 16.4 Å². The van der Waals surface area contributed by atoms with Crippen LogP contribution in [0.5, 0.6) is 0 Å². The lowest BCUT2D eigenvalue weighted by molar-refractivity contribution is 0.168. The number of sulfonamides is 1. The SMILES string of the molecule is O=S(=O)(c1cc(Cl)ccc1Cl)N1CCC[C@@H](O)c2ccccc21. The largest absolute Gasteiger partial charge is 0.388 e. The predicted octanol–water partition coefficient (Wildman–Crippen LogP) is 4.02. The number of hydrogen-bond acceptors (Lipinski definition) is 3. The number of fused-ring (bicyclic) bond motifs is 1. The number of halogens is 2. The summed E-state index contributed by atoms with van der Waals surface area (Å²) in [4.78, 5) is -0.0298. The monoisotopic (exact) mass is 371 g/mol. The fourth-order valence-corrected chi connectivity index (χ4v) is 5.01. The highest BCUT2D eigenvalue weighted by Gasteiger charge is 2.31. The van der Waals surface area contributed by atoms with Crippen molar-refractivity contribution in [1.82, 2.24) is 0 Å². The zero-order valence-corrected chi connectivity index (χ0v) is 14.4. The van der Waals surface area contributed by atoms with Gasteiger partial charge in [-0.3, -0.25) is 4.31 Å². The van der Waals surface area contributed by atoms with Crippen molar-refractivity contribution in [2.75, 3.05) is 10.8 Å². The highest BCUT2D eigenvalue weighted by atomic mass is 35.5. The van der Waals surface area contributed by atoms with Crippen molar-refractivity contribution in [1.29, 1.82) is 0 Å². The molecule has 4 nitrogen and oxygen atoms in total. The van der Waals surface area contributed by atoms with E-state index in [1.54, 1.807) is 30.3 Å². The average Bonchev–Trinajstić information content (AvgIpc) is 2.70. The zero-order chi connectivity index (χ0) is 16.6. The number of anilines is 1. The van der Waals surface area contributed by atoms with Crippen LogP contribution in [0, 0.1) is 0 Å². The first-order valence-electron chi connectivity index (χ1n) is 7.16. The number of aliphatic hydroxyl groups excluding tert-OH is 1. The summed E-state index contributed by atoms with van der Waals surface area (Å²) in [6, 6.07) is 11.3. The third-order valence-electron chi connectivity index (χ3n) is 3.86. The Morgan fingerprint density at radius 2 is 1.87 bits per heavy atom. The maximum atomic E-state index is 13.1. The number of aliphatic hydroxyl groups is 1. The number of para-hydroxylation sites is 1. The summed E-state index contributed by atoms with van der Waals surface area (Å²) in [6.45, 7) is 0.277. The van der Waals surface area contributed by atoms with E-state index < -0.39 is 16.1 Å². The van der Waals surface area contributed by atoms with Crippen LogP contribution in [0.3, 0.4) is 0 Å². The molecular formula is C16H15Cl2NO3S. The normalized spacial score (nSPS) is 18.4. The van der Waals surface area contributed by atoms with E-state index in [-0.39, 0.29) is 16.5 Å². The van der Waals surface area contributed by atoms with E-state index in [0.29, 0.717) is 29.1 Å². The fourth-order valence-electron chi connectivity index (χ4n) is 2.74. The lowest BCUT2D eigenvalue weighted by Crippen LogP contribution is -2.32. The van der Waals surface area contributed by atoms with Gasteiger partial charge in [0.2, 0.25) is 0 Å².